The van der Waals surface area contributed by atoms with Gasteiger partial charge in [-0.15, -0.1) is 0 Å². The molecule has 2 rings (SSSR count). The molecular formula is C15H14N2O4. The molecule has 0 unspecified atom stereocenters. The van der Waals surface area contributed by atoms with Crippen LogP contribution in [0.4, 0.5) is 5.69 Å². The number of ether oxygens (including phenoxy) is 1. The molecule has 0 aliphatic rings. The number of anilines is 1. The number of phenols is 1. The van der Waals surface area contributed by atoms with E-state index >= 15 is 0 Å². The van der Waals surface area contributed by atoms with Gasteiger partial charge in [0.1, 0.15) is 17.1 Å². The van der Waals surface area contributed by atoms with E-state index in [0.29, 0.717) is 5.69 Å². The second-order valence-corrected chi connectivity index (χ2v) is 4.26. The van der Waals surface area contributed by atoms with Crippen LogP contribution in [0.1, 0.15) is 20.7 Å². The Labute approximate surface area is 121 Å². The van der Waals surface area contributed by atoms with E-state index < -0.39 is 11.8 Å². The summed E-state index contributed by atoms with van der Waals surface area (Å²) in [7, 11) is 1.37. The number of amides is 2. The largest absolute Gasteiger partial charge is 0.507 e. The highest BCUT2D eigenvalue weighted by molar-refractivity contribution is 6.12. The van der Waals surface area contributed by atoms with Crippen molar-refractivity contribution in [1.82, 2.24) is 5.32 Å². The molecule has 0 saturated carbocycles. The molecule has 0 saturated heterocycles. The van der Waals surface area contributed by atoms with Crippen molar-refractivity contribution in [3.8, 4) is 11.5 Å². The van der Waals surface area contributed by atoms with Crippen molar-refractivity contribution in [2.75, 3.05) is 12.8 Å². The number of phenolic OH excluding ortho intramolecular Hbond substituents is 1. The molecule has 0 aliphatic carbocycles. The van der Waals surface area contributed by atoms with Gasteiger partial charge in [-0.05, 0) is 36.4 Å². The quantitative estimate of drug-likeness (QED) is 0.587. The Hall–Kier alpha value is -3.02. The van der Waals surface area contributed by atoms with E-state index in [-0.39, 0.29) is 22.6 Å². The van der Waals surface area contributed by atoms with Gasteiger partial charge < -0.3 is 15.6 Å². The van der Waals surface area contributed by atoms with Gasteiger partial charge in [0.2, 0.25) is 0 Å². The zero-order valence-corrected chi connectivity index (χ0v) is 11.3. The van der Waals surface area contributed by atoms with Crippen LogP contribution in [0.15, 0.2) is 42.5 Å². The summed E-state index contributed by atoms with van der Waals surface area (Å²) in [6, 6.07) is 10.5. The topological polar surface area (TPSA) is 102 Å². The molecule has 0 spiro atoms. The summed E-state index contributed by atoms with van der Waals surface area (Å²) in [5, 5.41) is 11.9. The Bertz CT molecular complexity index is 681. The molecule has 6 heteroatoms. The standard InChI is InChI=1S/C15H14N2O4/c1-21-12-4-2-3-11(18)13(12)15(20)17-14(19)9-5-7-10(16)8-6-9/h2-8,18H,16H2,1H3,(H,17,19,20). The molecule has 4 N–H and O–H groups in total. The number of carbonyl (C=O) groups excluding carboxylic acids is 2. The first-order valence-electron chi connectivity index (χ1n) is 6.10. The summed E-state index contributed by atoms with van der Waals surface area (Å²) in [5.41, 5.74) is 6.23. The van der Waals surface area contributed by atoms with Crippen molar-refractivity contribution < 1.29 is 19.4 Å². The minimum Gasteiger partial charge on any atom is -0.507 e. The molecule has 0 heterocycles. The van der Waals surface area contributed by atoms with Crippen LogP contribution in [-0.2, 0) is 0 Å². The van der Waals surface area contributed by atoms with E-state index in [4.69, 9.17) is 10.5 Å². The highest BCUT2D eigenvalue weighted by Gasteiger charge is 2.19. The first-order valence-corrected chi connectivity index (χ1v) is 6.10. The minimum absolute atomic E-state index is 0.0937. The van der Waals surface area contributed by atoms with Gasteiger partial charge in [-0.25, -0.2) is 0 Å². The molecule has 108 valence electrons. The Balaban J connectivity index is 2.22. The molecule has 0 bridgehead atoms. The second kappa shape index (κ2) is 5.96. The summed E-state index contributed by atoms with van der Waals surface area (Å²) in [5.74, 6) is -1.42. The summed E-state index contributed by atoms with van der Waals surface area (Å²) in [4.78, 5) is 24.1. The van der Waals surface area contributed by atoms with Crippen molar-refractivity contribution in [1.29, 1.82) is 0 Å². The van der Waals surface area contributed by atoms with Crippen LogP contribution in [-0.4, -0.2) is 24.0 Å². The number of benzene rings is 2. The van der Waals surface area contributed by atoms with Crippen LogP contribution in [0, 0.1) is 0 Å². The Morgan fingerprint density at radius 1 is 1.10 bits per heavy atom. The smallest absolute Gasteiger partial charge is 0.265 e. The first-order chi connectivity index (χ1) is 10.0. The van der Waals surface area contributed by atoms with Crippen LogP contribution < -0.4 is 15.8 Å². The second-order valence-electron chi connectivity index (χ2n) is 4.26. The predicted molar refractivity (Wildman–Crippen MR) is 77.3 cm³/mol. The lowest BCUT2D eigenvalue weighted by molar-refractivity contribution is 0.0846. The molecule has 2 amide bonds. The molecule has 21 heavy (non-hydrogen) atoms. The summed E-state index contributed by atoms with van der Waals surface area (Å²) < 4.78 is 5.00. The van der Waals surface area contributed by atoms with Crippen LogP contribution in [0.3, 0.4) is 0 Å². The number of carbonyl (C=O) groups is 2. The minimum atomic E-state index is -0.744. The van der Waals surface area contributed by atoms with E-state index in [0.717, 1.165) is 0 Å². The van der Waals surface area contributed by atoms with Crippen LogP contribution in [0.25, 0.3) is 0 Å². The molecule has 0 aromatic heterocycles. The normalized spacial score (nSPS) is 9.95. The number of nitrogens with two attached hydrogens (primary N) is 1. The highest BCUT2D eigenvalue weighted by atomic mass is 16.5. The lowest BCUT2D eigenvalue weighted by atomic mass is 10.1. The number of hydrogen-bond donors (Lipinski definition) is 3. The molecule has 0 atom stereocenters. The van der Waals surface area contributed by atoms with Crippen molar-refractivity contribution in [3.05, 3.63) is 53.6 Å². The highest BCUT2D eigenvalue weighted by Crippen LogP contribution is 2.27. The molecule has 2 aromatic carbocycles. The summed E-state index contributed by atoms with van der Waals surface area (Å²) >= 11 is 0. The van der Waals surface area contributed by atoms with Gasteiger partial charge in [0.15, 0.2) is 0 Å². The number of rotatable bonds is 3. The molecule has 0 radical (unpaired) electrons. The van der Waals surface area contributed by atoms with Crippen LogP contribution >= 0.6 is 0 Å². The zero-order valence-electron chi connectivity index (χ0n) is 11.3. The monoisotopic (exact) mass is 286 g/mol. The maximum Gasteiger partial charge on any atom is 0.265 e. The van der Waals surface area contributed by atoms with E-state index in [1.165, 1.54) is 37.4 Å². The molecule has 0 fully saturated rings. The number of hydrogen-bond acceptors (Lipinski definition) is 5. The van der Waals surface area contributed by atoms with Crippen molar-refractivity contribution in [2.45, 2.75) is 0 Å². The first kappa shape index (κ1) is 14.4. The average molecular weight is 286 g/mol. The summed E-state index contributed by atoms with van der Waals surface area (Å²) in [6.45, 7) is 0. The number of nitrogens with one attached hydrogen (secondary N) is 1. The van der Waals surface area contributed by atoms with Gasteiger partial charge >= 0.3 is 0 Å². The van der Waals surface area contributed by atoms with Gasteiger partial charge in [0.05, 0.1) is 7.11 Å². The SMILES string of the molecule is COc1cccc(O)c1C(=O)NC(=O)c1ccc(N)cc1. The van der Waals surface area contributed by atoms with Gasteiger partial charge in [-0.3, -0.25) is 14.9 Å². The van der Waals surface area contributed by atoms with Gasteiger partial charge in [-0.2, -0.15) is 0 Å². The number of imide groups is 1. The Morgan fingerprint density at radius 2 is 1.76 bits per heavy atom. The molecule has 0 aliphatic heterocycles. The molecule has 2 aromatic rings. The number of nitrogen functional groups attached to an aromatic ring is 1. The van der Waals surface area contributed by atoms with Crippen molar-refractivity contribution >= 4 is 17.5 Å². The van der Waals surface area contributed by atoms with Crippen LogP contribution in [0.2, 0.25) is 0 Å². The summed E-state index contributed by atoms with van der Waals surface area (Å²) in [6.07, 6.45) is 0. The average Bonchev–Trinajstić information content (AvgIpc) is 2.47. The fraction of sp³-hybridized carbons (Fsp3) is 0.0667. The van der Waals surface area contributed by atoms with Crippen molar-refractivity contribution in [2.24, 2.45) is 0 Å². The van der Waals surface area contributed by atoms with Crippen LogP contribution in [0.5, 0.6) is 11.5 Å². The lowest BCUT2D eigenvalue weighted by Gasteiger charge is -2.10. The predicted octanol–water partition coefficient (Wildman–Crippen LogP) is 1.55. The van der Waals surface area contributed by atoms with E-state index in [1.54, 1.807) is 12.1 Å². The van der Waals surface area contributed by atoms with Gasteiger partial charge in [0.25, 0.3) is 11.8 Å². The Kier molecular flexibility index (Phi) is 4.08. The van der Waals surface area contributed by atoms with E-state index in [1.807, 2.05) is 0 Å². The number of methoxy groups -OCH3 is 1. The third kappa shape index (κ3) is 3.11. The van der Waals surface area contributed by atoms with Crippen molar-refractivity contribution in [3.63, 3.8) is 0 Å². The Morgan fingerprint density at radius 3 is 2.38 bits per heavy atom. The van der Waals surface area contributed by atoms with E-state index in [9.17, 15) is 14.7 Å². The lowest BCUT2D eigenvalue weighted by Crippen LogP contribution is -2.30. The third-order valence-electron chi connectivity index (χ3n) is 2.85. The van der Waals surface area contributed by atoms with E-state index in [2.05, 4.69) is 5.32 Å². The third-order valence-corrected chi connectivity index (χ3v) is 2.85. The van der Waals surface area contributed by atoms with Gasteiger partial charge in [0, 0.05) is 11.3 Å². The maximum absolute atomic E-state index is 12.1. The zero-order chi connectivity index (χ0) is 15.4. The molecule has 6 nitrogen and oxygen atoms in total. The molecular weight excluding hydrogens is 272 g/mol. The fourth-order valence-electron chi connectivity index (χ4n) is 1.79. The number of aromatic hydroxyl groups is 1. The fourth-order valence-corrected chi connectivity index (χ4v) is 1.79. The maximum atomic E-state index is 12.1. The van der Waals surface area contributed by atoms with Gasteiger partial charge in [-0.1, -0.05) is 6.07 Å².